The highest BCUT2D eigenvalue weighted by Crippen LogP contribution is 2.34. The quantitative estimate of drug-likeness (QED) is 0.0258. The summed E-state index contributed by atoms with van der Waals surface area (Å²) in [4.78, 5) is 139. The fraction of sp³-hybridized carbons (Fsp3) is 0.676. The fourth-order valence-electron chi connectivity index (χ4n) is 13.7. The number of nitrogens with two attached hydrogens (primary N) is 1. The second-order valence-electron chi connectivity index (χ2n) is 28.8. The molecule has 0 bridgehead atoms. The number of unbranched alkanes of at least 4 members (excludes halogenated alkanes) is 2. The van der Waals surface area contributed by atoms with Crippen molar-refractivity contribution in [3.05, 3.63) is 77.9 Å². The Kier molecular flexibility index (Phi) is 35.6. The van der Waals surface area contributed by atoms with Crippen LogP contribution in [0.1, 0.15) is 151 Å². The zero-order chi connectivity index (χ0) is 78.1. The Hall–Kier alpha value is -7.72. The molecule has 588 valence electrons. The number of nitrogens with zero attached hydrogens (tertiary/aromatic N) is 4. The van der Waals surface area contributed by atoms with Crippen LogP contribution in [-0.2, 0) is 68.6 Å². The summed E-state index contributed by atoms with van der Waals surface area (Å²) in [5, 5.41) is 70.5. The number of carbonyl (C=O) groups excluding carboxylic acids is 10. The van der Waals surface area contributed by atoms with E-state index in [0.717, 1.165) is 9.80 Å². The maximum Gasteiger partial charge on any atom is 0.410 e. The van der Waals surface area contributed by atoms with Crippen LogP contribution in [0.2, 0.25) is 0 Å². The first-order valence-electron chi connectivity index (χ1n) is 36.5. The second kappa shape index (κ2) is 42.6. The predicted molar refractivity (Wildman–Crippen MR) is 387 cm³/mol. The Balaban J connectivity index is 1.19. The van der Waals surface area contributed by atoms with E-state index in [1.807, 2.05) is 13.8 Å². The lowest BCUT2D eigenvalue weighted by Crippen LogP contribution is -2.60. The third-order valence-corrected chi connectivity index (χ3v) is 20.0. The van der Waals surface area contributed by atoms with Crippen LogP contribution in [0.4, 0.5) is 15.3 Å². The van der Waals surface area contributed by atoms with Gasteiger partial charge in [0.1, 0.15) is 67.5 Å². The number of carbonyl (C=O) groups is 10. The van der Waals surface area contributed by atoms with Crippen molar-refractivity contribution in [3.63, 3.8) is 0 Å². The van der Waals surface area contributed by atoms with Crippen LogP contribution < -0.4 is 37.6 Å². The van der Waals surface area contributed by atoms with E-state index in [2.05, 4.69) is 31.9 Å². The van der Waals surface area contributed by atoms with E-state index in [-0.39, 0.29) is 74.9 Å². The highest BCUT2D eigenvalue weighted by atomic mass is 16.7. The molecule has 2 saturated heterocycles. The molecule has 3 heterocycles. The van der Waals surface area contributed by atoms with E-state index in [1.165, 1.54) is 38.3 Å². The number of urea groups is 1. The van der Waals surface area contributed by atoms with Gasteiger partial charge >= 0.3 is 12.1 Å². The normalized spacial score (nSPS) is 21.7. The number of rotatable bonds is 42. The average molecular weight is 1480 g/mol. The molecule has 31 nitrogen and oxygen atoms in total. The molecule has 105 heavy (non-hydrogen) atoms. The molecule has 11 amide bonds. The van der Waals surface area contributed by atoms with Gasteiger partial charge in [0, 0.05) is 84.2 Å². The summed E-state index contributed by atoms with van der Waals surface area (Å²) in [6, 6.07) is 8.31. The summed E-state index contributed by atoms with van der Waals surface area (Å²) >= 11 is 0. The summed E-state index contributed by atoms with van der Waals surface area (Å²) in [7, 11) is 6.03. The van der Waals surface area contributed by atoms with Crippen molar-refractivity contribution in [3.8, 4) is 0 Å². The Morgan fingerprint density at radius 2 is 1.39 bits per heavy atom. The molecule has 18 atom stereocenters. The van der Waals surface area contributed by atoms with Crippen LogP contribution in [-0.4, -0.2) is 251 Å². The summed E-state index contributed by atoms with van der Waals surface area (Å²) in [5.74, 6) is -5.88. The van der Waals surface area contributed by atoms with Gasteiger partial charge in [-0.05, 0) is 92.4 Å². The zero-order valence-electron chi connectivity index (χ0n) is 63.3. The number of nitrogens with one attached hydrogen (secondary N) is 6. The number of primary amides is 1. The number of hydrogen-bond acceptors (Lipinski definition) is 21. The van der Waals surface area contributed by atoms with Crippen molar-refractivity contribution in [1.29, 1.82) is 0 Å². The summed E-state index contributed by atoms with van der Waals surface area (Å²) in [6.07, 6.45) is -6.21. The van der Waals surface area contributed by atoms with Gasteiger partial charge in [0.25, 0.3) is 11.8 Å². The molecule has 2 aromatic carbocycles. The maximum absolute atomic E-state index is 14.9. The number of amides is 11. The molecule has 2 fully saturated rings. The van der Waals surface area contributed by atoms with Crippen LogP contribution >= 0.6 is 0 Å². The van der Waals surface area contributed by atoms with Crippen molar-refractivity contribution in [1.82, 2.24) is 46.2 Å². The minimum Gasteiger partial charge on any atom is -0.445 e. The number of ether oxygens (including phenoxy) is 5. The lowest BCUT2D eigenvalue weighted by Gasteiger charge is -2.42. The minimum absolute atomic E-state index is 0.0728. The van der Waals surface area contributed by atoms with Gasteiger partial charge in [-0.25, -0.2) is 9.59 Å². The van der Waals surface area contributed by atoms with E-state index in [0.29, 0.717) is 61.9 Å². The summed E-state index contributed by atoms with van der Waals surface area (Å²) < 4.78 is 29.9. The SMILES string of the molecule is CCC(C)C(C(CC(=O)N1CCCC1C(OC)C(C)C(O)NC(C)C(OC1OC(CO)C(O)C(O)C1O)c1ccccc1)OC)N(C)C(=O)C(NC(=O)C(C(C)C)N(C)C(=O)OCc1ccc(NC(=O)C(CCCNC(N)=O)NC(=O)C(NC(=O)CCCCCN2C(=O)C=CC2=O)C(C)C)cc1)C(C)C. The number of hydrogen-bond donors (Lipinski definition) is 12. The van der Waals surface area contributed by atoms with Crippen molar-refractivity contribution < 1.29 is 97.2 Å². The van der Waals surface area contributed by atoms with Crippen molar-refractivity contribution in [2.75, 3.05) is 59.9 Å². The molecular formula is C74H117N11O20. The van der Waals surface area contributed by atoms with Crippen molar-refractivity contribution in [2.45, 2.75) is 238 Å². The molecule has 13 N–H and O–H groups in total. The average Bonchev–Trinajstić information content (AvgIpc) is 1.74. The van der Waals surface area contributed by atoms with Crippen LogP contribution in [0.25, 0.3) is 0 Å². The van der Waals surface area contributed by atoms with Gasteiger partial charge in [-0.1, -0.05) is 118 Å². The molecule has 3 aliphatic heterocycles. The largest absolute Gasteiger partial charge is 0.445 e. The standard InChI is InChI=1S/C74H117N11O20/c1-15-44(8)61(52(101-13)38-57(90)84-37-23-27-51(84)65(102-14)45(9)67(94)77-46(10)66(48-24-18-16-19-25-48)105-72-64(93)63(92)62(91)53(39-86)104-72)82(11)71(98)59(42(4)5)81-70(97)60(43(6)7)83(12)74(100)103-40-47-29-31-49(32-30-47)78-68(95)50(26-22-35-76-73(75)99)79-69(96)58(41(2)3)80-54(87)28-20-17-21-36-85-55(88)33-34-56(85)89/h16,18-19,24-25,29-34,41-46,50-53,58-67,72,77,86,91-94H,15,17,20-23,26-28,35-40H2,1-14H3,(H,78,95)(H,79,96)(H,80,87)(H,81,97)(H3,75,76,99). The van der Waals surface area contributed by atoms with Gasteiger partial charge in [0.15, 0.2) is 6.29 Å². The molecule has 18 unspecified atom stereocenters. The highest BCUT2D eigenvalue weighted by molar-refractivity contribution is 6.12. The fourth-order valence-corrected chi connectivity index (χ4v) is 13.7. The first-order chi connectivity index (χ1) is 49.7. The van der Waals surface area contributed by atoms with E-state index in [9.17, 15) is 73.5 Å². The zero-order valence-corrected chi connectivity index (χ0v) is 63.3. The summed E-state index contributed by atoms with van der Waals surface area (Å²) in [5.41, 5.74) is 6.72. The number of aliphatic hydroxyl groups is 5. The van der Waals surface area contributed by atoms with E-state index >= 15 is 0 Å². The van der Waals surface area contributed by atoms with Gasteiger partial charge in [-0.2, -0.15) is 0 Å². The van der Waals surface area contributed by atoms with Gasteiger partial charge in [0.05, 0.1) is 37.3 Å². The third-order valence-electron chi connectivity index (χ3n) is 20.0. The number of likely N-dealkylation sites (N-methyl/N-ethyl adjacent to an activating group) is 2. The number of methoxy groups -OCH3 is 2. The Labute approximate surface area is 616 Å². The van der Waals surface area contributed by atoms with Crippen molar-refractivity contribution in [2.24, 2.45) is 35.3 Å². The summed E-state index contributed by atoms with van der Waals surface area (Å²) in [6.45, 7) is 17.8. The lowest BCUT2D eigenvalue weighted by atomic mass is 9.89. The minimum atomic E-state index is -1.68. The van der Waals surface area contributed by atoms with Crippen LogP contribution in [0.15, 0.2) is 66.7 Å². The topological polar surface area (TPSA) is 429 Å². The van der Waals surface area contributed by atoms with Gasteiger partial charge in [-0.15, -0.1) is 0 Å². The first kappa shape index (κ1) is 87.9. The number of imide groups is 1. The van der Waals surface area contributed by atoms with Crippen molar-refractivity contribution >= 4 is 65.1 Å². The number of aliphatic hydroxyl groups excluding tert-OH is 5. The van der Waals surface area contributed by atoms with Gasteiger partial charge in [-0.3, -0.25) is 53.5 Å². The predicted octanol–water partition coefficient (Wildman–Crippen LogP) is 2.69. The molecular weight excluding hydrogens is 1360 g/mol. The highest BCUT2D eigenvalue weighted by Gasteiger charge is 2.48. The number of anilines is 1. The Morgan fingerprint density at radius 3 is 1.97 bits per heavy atom. The molecule has 0 aliphatic carbocycles. The smallest absolute Gasteiger partial charge is 0.410 e. The van der Waals surface area contributed by atoms with Gasteiger partial charge < -0.3 is 91.3 Å². The number of benzene rings is 2. The van der Waals surface area contributed by atoms with Crippen LogP contribution in [0.5, 0.6) is 0 Å². The molecule has 5 rings (SSSR count). The van der Waals surface area contributed by atoms with Crippen LogP contribution in [0, 0.1) is 29.6 Å². The monoisotopic (exact) mass is 1480 g/mol. The third kappa shape index (κ3) is 24.9. The number of likely N-dealkylation sites (tertiary alicyclic amines) is 1. The Bertz CT molecular complexity index is 3160. The van der Waals surface area contributed by atoms with E-state index < -0.39 is 164 Å². The molecule has 0 aromatic heterocycles. The van der Waals surface area contributed by atoms with Crippen LogP contribution in [0.3, 0.4) is 0 Å². The maximum atomic E-state index is 14.9. The van der Waals surface area contributed by atoms with E-state index in [4.69, 9.17) is 29.4 Å². The van der Waals surface area contributed by atoms with Gasteiger partial charge in [0.2, 0.25) is 35.4 Å². The molecule has 3 aliphatic rings. The lowest BCUT2D eigenvalue weighted by molar-refractivity contribution is -0.314. The molecule has 2 aromatic rings. The van der Waals surface area contributed by atoms with E-state index in [1.54, 1.807) is 122 Å². The molecule has 0 saturated carbocycles. The Morgan fingerprint density at radius 1 is 0.743 bits per heavy atom. The second-order valence-corrected chi connectivity index (χ2v) is 28.8. The molecule has 31 heteroatoms. The first-order valence-corrected chi connectivity index (χ1v) is 36.5. The molecule has 0 spiro atoms. The molecule has 0 radical (unpaired) electrons.